The van der Waals surface area contributed by atoms with Crippen LogP contribution in [0.2, 0.25) is 0 Å². The van der Waals surface area contributed by atoms with E-state index in [1.54, 1.807) is 34.6 Å². The Bertz CT molecular complexity index is 1030. The van der Waals surface area contributed by atoms with E-state index in [0.717, 1.165) is 23.5 Å². The van der Waals surface area contributed by atoms with Gasteiger partial charge in [0, 0.05) is 48.8 Å². The summed E-state index contributed by atoms with van der Waals surface area (Å²) in [6, 6.07) is -1.45. The van der Waals surface area contributed by atoms with Crippen molar-refractivity contribution in [1.82, 2.24) is 16.0 Å². The molecule has 3 amide bonds. The second-order valence-electron chi connectivity index (χ2n) is 10.5. The van der Waals surface area contributed by atoms with Crippen LogP contribution in [0.3, 0.4) is 0 Å². The highest BCUT2D eigenvalue weighted by Gasteiger charge is 2.49. The summed E-state index contributed by atoms with van der Waals surface area (Å²) >= 11 is 1.82. The monoisotopic (exact) mass is 643 g/mol. The molecule has 0 spiro atoms. The summed E-state index contributed by atoms with van der Waals surface area (Å²) in [7, 11) is -4.38. The molecule has 18 heteroatoms. The van der Waals surface area contributed by atoms with E-state index in [2.05, 4.69) is 16.0 Å². The minimum absolute atomic E-state index is 0.0415. The zero-order valence-electron chi connectivity index (χ0n) is 23.8. The lowest BCUT2D eigenvalue weighted by atomic mass is 9.87. The van der Waals surface area contributed by atoms with Crippen LogP contribution in [0.15, 0.2) is 0 Å². The summed E-state index contributed by atoms with van der Waals surface area (Å²) in [5.41, 5.74) is -1.65. The van der Waals surface area contributed by atoms with Crippen molar-refractivity contribution in [1.29, 1.82) is 0 Å². The zero-order valence-corrected chi connectivity index (χ0v) is 26.3. The molecule has 1 saturated heterocycles. The first-order chi connectivity index (χ1) is 18.9. The highest BCUT2D eigenvalue weighted by molar-refractivity contribution is 8.13. The van der Waals surface area contributed by atoms with Crippen LogP contribution in [0.25, 0.3) is 0 Å². The molecule has 1 aliphatic rings. The lowest BCUT2D eigenvalue weighted by molar-refractivity contribution is -0.143. The maximum Gasteiger partial charge on any atom is 0.478 e. The van der Waals surface area contributed by atoms with Crippen molar-refractivity contribution in [2.24, 2.45) is 10.8 Å². The third-order valence-electron chi connectivity index (χ3n) is 5.14. The Hall–Kier alpha value is -2.17. The summed E-state index contributed by atoms with van der Waals surface area (Å²) in [5, 5.41) is 16.2. The van der Waals surface area contributed by atoms with Gasteiger partial charge in [0.1, 0.15) is 6.04 Å². The molecule has 0 radical (unpaired) electrons. The number of carbonyl (C=O) groups excluding carboxylic acids is 5. The number of aliphatic carboxylic acids is 1. The molecule has 1 unspecified atom stereocenters. The Labute approximate surface area is 246 Å². The van der Waals surface area contributed by atoms with E-state index >= 15 is 0 Å². The van der Waals surface area contributed by atoms with Gasteiger partial charge in [0.05, 0.1) is 6.61 Å². The molecule has 3 atom stereocenters. The Morgan fingerprint density at radius 2 is 1.76 bits per heavy atom. The van der Waals surface area contributed by atoms with Gasteiger partial charge >= 0.3 is 19.9 Å². The third kappa shape index (κ3) is 14.0. The fraction of sp³-hybridized carbons (Fsp3) is 0.739. The summed E-state index contributed by atoms with van der Waals surface area (Å²) in [4.78, 5) is 71.0. The van der Waals surface area contributed by atoms with Crippen LogP contribution >= 0.6 is 31.3 Å². The summed E-state index contributed by atoms with van der Waals surface area (Å²) in [6.45, 7) is 8.76. The number of hydrogen-bond donors (Lipinski definition) is 4. The van der Waals surface area contributed by atoms with Gasteiger partial charge in [0.15, 0.2) is 16.3 Å². The number of amides is 3. The molecule has 1 heterocycles. The fourth-order valence-corrected chi connectivity index (χ4v) is 5.81. The molecule has 0 aliphatic carbocycles. The first kappa shape index (κ1) is 36.9. The molecule has 0 saturated carbocycles. The van der Waals surface area contributed by atoms with Crippen LogP contribution < -0.4 is 16.0 Å². The summed E-state index contributed by atoms with van der Waals surface area (Å²) in [6.07, 6.45) is -2.57. The largest absolute Gasteiger partial charge is 0.480 e. The standard InChI is InChI=1S/C23H38N3O12PS2/c1-14(27)40-10-9-24-16(28)7-8-25-18(29)17-23(5,6)12-36-39(34,38-17)37-13-35-21(33)26-15(19(30)31)11-41-20(32)22(2,3)4/h15,17H,7-13H2,1-6H3,(H,24,28)(H,25,29)(H,26,33)(H,30,31)/t15-,17-,39?/m0/s1. The van der Waals surface area contributed by atoms with Crippen molar-refractivity contribution in [3.8, 4) is 0 Å². The van der Waals surface area contributed by atoms with Gasteiger partial charge in [-0.25, -0.2) is 18.7 Å². The Morgan fingerprint density at radius 1 is 1.10 bits per heavy atom. The summed E-state index contributed by atoms with van der Waals surface area (Å²) < 4.78 is 33.1. The molecule has 1 rings (SSSR count). The van der Waals surface area contributed by atoms with Crippen LogP contribution in [0.1, 0.15) is 48.0 Å². The van der Waals surface area contributed by atoms with Gasteiger partial charge in [-0.2, -0.15) is 0 Å². The van der Waals surface area contributed by atoms with Crippen molar-refractivity contribution in [3.05, 3.63) is 0 Å². The van der Waals surface area contributed by atoms with Crippen molar-refractivity contribution >= 4 is 65.5 Å². The van der Waals surface area contributed by atoms with Crippen LogP contribution in [0.5, 0.6) is 0 Å². The number of nitrogens with one attached hydrogen (secondary N) is 3. The van der Waals surface area contributed by atoms with Crippen LogP contribution in [-0.4, -0.2) is 89.4 Å². The van der Waals surface area contributed by atoms with Gasteiger partial charge in [-0.05, 0) is 0 Å². The number of phosphoric ester groups is 1. The fourth-order valence-electron chi connectivity index (χ4n) is 2.84. The van der Waals surface area contributed by atoms with Crippen LogP contribution in [0.4, 0.5) is 4.79 Å². The van der Waals surface area contributed by atoms with Crippen LogP contribution in [0, 0.1) is 10.8 Å². The smallest absolute Gasteiger partial charge is 0.478 e. The molecular formula is C23H38N3O12PS2. The topological polar surface area (TPSA) is 213 Å². The highest BCUT2D eigenvalue weighted by atomic mass is 32.2. The van der Waals surface area contributed by atoms with E-state index in [1.165, 1.54) is 6.92 Å². The van der Waals surface area contributed by atoms with Crippen molar-refractivity contribution in [2.45, 2.75) is 60.1 Å². The van der Waals surface area contributed by atoms with Gasteiger partial charge in [-0.1, -0.05) is 58.1 Å². The molecule has 15 nitrogen and oxygen atoms in total. The number of ether oxygens (including phenoxy) is 1. The molecule has 1 aliphatic heterocycles. The molecule has 234 valence electrons. The van der Waals surface area contributed by atoms with Gasteiger partial charge in [-0.15, -0.1) is 0 Å². The van der Waals surface area contributed by atoms with Crippen molar-refractivity contribution in [3.63, 3.8) is 0 Å². The van der Waals surface area contributed by atoms with E-state index < -0.39 is 55.6 Å². The Morgan fingerprint density at radius 3 is 2.34 bits per heavy atom. The van der Waals surface area contributed by atoms with Gasteiger partial charge in [0.2, 0.25) is 18.6 Å². The quantitative estimate of drug-likeness (QED) is 0.121. The molecular weight excluding hydrogens is 605 g/mol. The van der Waals surface area contributed by atoms with E-state index in [0.29, 0.717) is 12.3 Å². The van der Waals surface area contributed by atoms with Gasteiger partial charge in [-0.3, -0.25) is 28.2 Å². The molecule has 4 N–H and O–H groups in total. The van der Waals surface area contributed by atoms with Gasteiger partial charge < -0.3 is 25.8 Å². The molecule has 1 fully saturated rings. The second kappa shape index (κ2) is 16.5. The first-order valence-electron chi connectivity index (χ1n) is 12.4. The average Bonchev–Trinajstić information content (AvgIpc) is 2.85. The number of phosphoric acid groups is 1. The lowest BCUT2D eigenvalue weighted by Gasteiger charge is -2.39. The zero-order chi connectivity index (χ0) is 31.4. The SMILES string of the molecule is CC(=O)SCCNC(=O)CCNC(=O)[C@@H]1OP(=O)(OCOC(=O)N[C@@H](CSC(=O)C(C)(C)C)C(=O)O)OCC1(C)C. The number of alkyl carbamates (subject to hydrolysis) is 1. The van der Waals surface area contributed by atoms with E-state index in [1.807, 2.05) is 0 Å². The molecule has 41 heavy (non-hydrogen) atoms. The Kier molecular flexibility index (Phi) is 14.8. The van der Waals surface area contributed by atoms with Gasteiger partial charge in [0.25, 0.3) is 0 Å². The number of thioether (sulfide) groups is 2. The van der Waals surface area contributed by atoms with Crippen molar-refractivity contribution < 1.29 is 56.7 Å². The molecule has 0 aromatic rings. The third-order valence-corrected chi connectivity index (χ3v) is 8.67. The lowest BCUT2D eigenvalue weighted by Crippen LogP contribution is -2.50. The predicted molar refractivity (Wildman–Crippen MR) is 150 cm³/mol. The van der Waals surface area contributed by atoms with Crippen LogP contribution in [-0.2, 0) is 46.8 Å². The Balaban J connectivity index is 2.55. The average molecular weight is 644 g/mol. The molecule has 0 bridgehead atoms. The summed E-state index contributed by atoms with van der Waals surface area (Å²) in [5.74, 6) is -2.23. The number of carboxylic acids is 1. The maximum absolute atomic E-state index is 12.9. The molecule has 0 aromatic heterocycles. The van der Waals surface area contributed by atoms with E-state index in [4.69, 9.17) is 18.3 Å². The van der Waals surface area contributed by atoms with Crippen molar-refractivity contribution in [2.75, 3.05) is 38.0 Å². The number of carbonyl (C=O) groups is 6. The molecule has 0 aromatic carbocycles. The maximum atomic E-state index is 12.9. The number of rotatable bonds is 14. The first-order valence-corrected chi connectivity index (χ1v) is 15.9. The number of carboxylic acid groups (broad SMARTS) is 1. The minimum Gasteiger partial charge on any atom is -0.480 e. The minimum atomic E-state index is -4.38. The highest BCUT2D eigenvalue weighted by Crippen LogP contribution is 2.57. The predicted octanol–water partition coefficient (Wildman–Crippen LogP) is 1.90. The van der Waals surface area contributed by atoms with E-state index in [9.17, 15) is 38.4 Å². The number of hydrogen-bond acceptors (Lipinski definition) is 13. The van der Waals surface area contributed by atoms with E-state index in [-0.39, 0.29) is 41.5 Å². The second-order valence-corrected chi connectivity index (χ2v) is 14.4. The normalized spacial score (nSPS) is 20.8.